The Morgan fingerprint density at radius 1 is 1.03 bits per heavy atom. The normalized spacial score (nSPS) is 11.4. The van der Waals surface area contributed by atoms with Crippen molar-refractivity contribution >= 4 is 77.3 Å². The Morgan fingerprint density at radius 3 is 2.65 bits per heavy atom. The third-order valence-electron chi connectivity index (χ3n) is 5.59. The molecule has 1 N–H and O–H groups in total. The van der Waals surface area contributed by atoms with Crippen LogP contribution in [0.4, 0.5) is 0 Å². The molecule has 5 rings (SSSR count). The van der Waals surface area contributed by atoms with E-state index in [0.717, 1.165) is 25.3 Å². The highest BCUT2D eigenvalue weighted by molar-refractivity contribution is 9.11. The Labute approximate surface area is 234 Å². The summed E-state index contributed by atoms with van der Waals surface area (Å²) in [6, 6.07) is 23.1. The fourth-order valence-corrected chi connectivity index (χ4v) is 5.46. The van der Waals surface area contributed by atoms with Gasteiger partial charge in [-0.05, 0) is 74.2 Å². The number of carbonyl (C=O) groups excluding carboxylic acids is 1. The largest absolute Gasteiger partial charge is 0.493 e. The summed E-state index contributed by atoms with van der Waals surface area (Å²) in [4.78, 5) is 12.5. The molecule has 6 nitrogen and oxygen atoms in total. The summed E-state index contributed by atoms with van der Waals surface area (Å²) in [5.74, 6) is 0.536. The van der Waals surface area contributed by atoms with Crippen molar-refractivity contribution in [3.05, 3.63) is 104 Å². The molecule has 0 saturated heterocycles. The van der Waals surface area contributed by atoms with Crippen LogP contribution in [0, 0.1) is 0 Å². The molecule has 1 heterocycles. The van der Waals surface area contributed by atoms with Gasteiger partial charge in [0.05, 0.1) is 22.8 Å². The van der Waals surface area contributed by atoms with Crippen LogP contribution in [-0.4, -0.2) is 19.2 Å². The smallest absolute Gasteiger partial charge is 0.307 e. The Balaban J connectivity index is 1.28. The predicted octanol–water partition coefficient (Wildman–Crippen LogP) is 8.12. The zero-order valence-electron chi connectivity index (χ0n) is 19.4. The fourth-order valence-electron chi connectivity index (χ4n) is 3.85. The maximum atomic E-state index is 12.5. The summed E-state index contributed by atoms with van der Waals surface area (Å²) in [6.07, 6.45) is 1.47. The molecule has 0 radical (unpaired) electrons. The lowest BCUT2D eigenvalue weighted by Crippen LogP contribution is -2.16. The van der Waals surface area contributed by atoms with E-state index in [-0.39, 0.29) is 5.76 Å². The molecule has 0 fully saturated rings. The molecule has 0 atom stereocenters. The zero-order chi connectivity index (χ0) is 25.9. The van der Waals surface area contributed by atoms with Crippen LogP contribution in [0.25, 0.3) is 21.7 Å². The fraction of sp³-hybridized carbons (Fsp3) is 0.0714. The lowest BCUT2D eigenvalue weighted by molar-refractivity contribution is 0.0929. The Hall–Kier alpha value is -3.33. The minimum absolute atomic E-state index is 0.138. The summed E-state index contributed by atoms with van der Waals surface area (Å²) in [5, 5.41) is 7.48. The average molecular weight is 643 g/mol. The number of hydrazone groups is 1. The van der Waals surface area contributed by atoms with E-state index >= 15 is 0 Å². The molecule has 0 unspecified atom stereocenters. The standard InChI is InChI=1S/C28H19Br2ClN2O4/c1-35-24-10-17(14-32-33-28(34)25-12-20-11-21(29)13-22(30)26(20)37-25)9-23(31)27(24)36-15-16-6-7-18-4-2-3-5-19(18)8-16/h2-14H,15H2,1H3,(H,33,34)/b32-14-. The van der Waals surface area contributed by atoms with Crippen LogP contribution in [-0.2, 0) is 6.61 Å². The number of halogens is 3. The van der Waals surface area contributed by atoms with Crippen molar-refractivity contribution in [2.45, 2.75) is 6.61 Å². The predicted molar refractivity (Wildman–Crippen MR) is 153 cm³/mol. The molecule has 1 aromatic heterocycles. The Kier molecular flexibility index (Phi) is 7.50. The monoisotopic (exact) mass is 640 g/mol. The maximum Gasteiger partial charge on any atom is 0.307 e. The third kappa shape index (κ3) is 5.66. The molecule has 0 saturated carbocycles. The summed E-state index contributed by atoms with van der Waals surface area (Å²) < 4.78 is 18.8. The number of carbonyl (C=O) groups is 1. The molecule has 5 aromatic rings. The van der Waals surface area contributed by atoms with E-state index in [1.165, 1.54) is 18.7 Å². The molecular formula is C28H19Br2ClN2O4. The van der Waals surface area contributed by atoms with Gasteiger partial charge in [-0.15, -0.1) is 0 Å². The second kappa shape index (κ2) is 11.0. The van der Waals surface area contributed by atoms with Gasteiger partial charge in [0.2, 0.25) is 0 Å². The maximum absolute atomic E-state index is 12.5. The van der Waals surface area contributed by atoms with Crippen LogP contribution in [0.3, 0.4) is 0 Å². The van der Waals surface area contributed by atoms with Crippen LogP contribution >= 0.6 is 43.5 Å². The summed E-state index contributed by atoms with van der Waals surface area (Å²) in [6.45, 7) is 0.328. The van der Waals surface area contributed by atoms with Crippen LogP contribution < -0.4 is 14.9 Å². The van der Waals surface area contributed by atoms with Crippen molar-refractivity contribution < 1.29 is 18.7 Å². The quantitative estimate of drug-likeness (QED) is 0.144. The number of nitrogens with zero attached hydrogens (tertiary/aromatic N) is 1. The first-order chi connectivity index (χ1) is 17.9. The molecule has 0 bridgehead atoms. The second-order valence-electron chi connectivity index (χ2n) is 8.12. The first kappa shape index (κ1) is 25.3. The zero-order valence-corrected chi connectivity index (χ0v) is 23.4. The number of methoxy groups -OCH3 is 1. The molecular weight excluding hydrogens is 624 g/mol. The number of amides is 1. The number of furan rings is 1. The van der Waals surface area contributed by atoms with Gasteiger partial charge in [-0.2, -0.15) is 5.10 Å². The van der Waals surface area contributed by atoms with Gasteiger partial charge in [-0.25, -0.2) is 5.43 Å². The van der Waals surface area contributed by atoms with Gasteiger partial charge in [-0.1, -0.05) is 63.9 Å². The van der Waals surface area contributed by atoms with Gasteiger partial charge < -0.3 is 13.9 Å². The van der Waals surface area contributed by atoms with Gasteiger partial charge in [0.25, 0.3) is 0 Å². The molecule has 186 valence electrons. The minimum Gasteiger partial charge on any atom is -0.493 e. The number of nitrogens with one attached hydrogen (secondary N) is 1. The first-order valence-corrected chi connectivity index (χ1v) is 13.1. The van der Waals surface area contributed by atoms with Crippen LogP contribution in [0.15, 0.2) is 91.3 Å². The average Bonchev–Trinajstić information content (AvgIpc) is 3.32. The number of hydrogen-bond donors (Lipinski definition) is 1. The number of hydrogen-bond acceptors (Lipinski definition) is 5. The van der Waals surface area contributed by atoms with Crippen molar-refractivity contribution in [2.24, 2.45) is 5.10 Å². The highest BCUT2D eigenvalue weighted by Gasteiger charge is 2.15. The highest BCUT2D eigenvalue weighted by atomic mass is 79.9. The summed E-state index contributed by atoms with van der Waals surface area (Å²) in [7, 11) is 1.54. The van der Waals surface area contributed by atoms with Crippen molar-refractivity contribution in [1.29, 1.82) is 0 Å². The van der Waals surface area contributed by atoms with Gasteiger partial charge in [0.1, 0.15) is 12.2 Å². The summed E-state index contributed by atoms with van der Waals surface area (Å²) >= 11 is 13.4. The van der Waals surface area contributed by atoms with Gasteiger partial charge in [-0.3, -0.25) is 4.79 Å². The minimum atomic E-state index is -0.483. The summed E-state index contributed by atoms with van der Waals surface area (Å²) in [5.41, 5.74) is 4.68. The van der Waals surface area contributed by atoms with E-state index in [1.54, 1.807) is 18.2 Å². The van der Waals surface area contributed by atoms with Crippen LogP contribution in [0.1, 0.15) is 21.7 Å². The van der Waals surface area contributed by atoms with Crippen molar-refractivity contribution in [3.8, 4) is 11.5 Å². The van der Waals surface area contributed by atoms with Crippen molar-refractivity contribution in [1.82, 2.24) is 5.43 Å². The number of rotatable bonds is 7. The molecule has 37 heavy (non-hydrogen) atoms. The van der Waals surface area contributed by atoms with Crippen molar-refractivity contribution in [3.63, 3.8) is 0 Å². The third-order valence-corrected chi connectivity index (χ3v) is 6.92. The number of benzene rings is 4. The van der Waals surface area contributed by atoms with E-state index in [2.05, 4.69) is 66.7 Å². The lowest BCUT2D eigenvalue weighted by Gasteiger charge is -2.13. The highest BCUT2D eigenvalue weighted by Crippen LogP contribution is 2.37. The van der Waals surface area contributed by atoms with Gasteiger partial charge in [0.15, 0.2) is 17.3 Å². The SMILES string of the molecule is COc1cc(/C=N\NC(=O)c2cc3cc(Br)cc(Br)c3o2)cc(Cl)c1OCc1ccc2ccccc2c1. The molecule has 9 heteroatoms. The van der Waals surface area contributed by atoms with E-state index in [4.69, 9.17) is 25.5 Å². The van der Waals surface area contributed by atoms with Crippen molar-refractivity contribution in [2.75, 3.05) is 7.11 Å². The van der Waals surface area contributed by atoms with Crippen LogP contribution in [0.5, 0.6) is 11.5 Å². The van der Waals surface area contributed by atoms with Crippen LogP contribution in [0.2, 0.25) is 5.02 Å². The van der Waals surface area contributed by atoms with E-state index in [1.807, 2.05) is 30.3 Å². The Bertz CT molecular complexity index is 1670. The molecule has 0 aliphatic carbocycles. The van der Waals surface area contributed by atoms with Gasteiger partial charge in [0, 0.05) is 9.86 Å². The second-order valence-corrected chi connectivity index (χ2v) is 10.3. The molecule has 0 spiro atoms. The van der Waals surface area contributed by atoms with E-state index in [9.17, 15) is 4.79 Å². The number of ether oxygens (including phenoxy) is 2. The van der Waals surface area contributed by atoms with Gasteiger partial charge >= 0.3 is 5.91 Å². The number of fused-ring (bicyclic) bond motifs is 2. The Morgan fingerprint density at radius 2 is 1.84 bits per heavy atom. The molecule has 0 aliphatic heterocycles. The molecule has 0 aliphatic rings. The first-order valence-electron chi connectivity index (χ1n) is 11.1. The molecule has 4 aromatic carbocycles. The van der Waals surface area contributed by atoms with E-state index in [0.29, 0.717) is 34.3 Å². The lowest BCUT2D eigenvalue weighted by atomic mass is 10.1. The van der Waals surface area contributed by atoms with E-state index < -0.39 is 5.91 Å². The topological polar surface area (TPSA) is 73.1 Å². The molecule has 1 amide bonds.